The van der Waals surface area contributed by atoms with E-state index in [4.69, 9.17) is 5.11 Å². The van der Waals surface area contributed by atoms with Crippen LogP contribution in [0.15, 0.2) is 24.3 Å². The molecule has 2 N–H and O–H groups in total. The Hall–Kier alpha value is -1.91. The molecule has 1 unspecified atom stereocenters. The van der Waals surface area contributed by atoms with Gasteiger partial charge in [0.15, 0.2) is 0 Å². The molecule has 1 aromatic rings. The number of amides is 1. The van der Waals surface area contributed by atoms with E-state index >= 15 is 0 Å². The van der Waals surface area contributed by atoms with Crippen LogP contribution in [-0.2, 0) is 16.0 Å². The number of hydrogen-bond donors (Lipinski definition) is 2. The van der Waals surface area contributed by atoms with Crippen molar-refractivity contribution in [2.75, 3.05) is 0 Å². The Kier molecular flexibility index (Phi) is 5.67. The minimum Gasteiger partial charge on any atom is -0.480 e. The van der Waals surface area contributed by atoms with Crippen LogP contribution in [0.3, 0.4) is 0 Å². The van der Waals surface area contributed by atoms with Crippen molar-refractivity contribution in [3.8, 4) is 0 Å². The lowest BCUT2D eigenvalue weighted by atomic mass is 9.98. The normalized spacial score (nSPS) is 13.8. The summed E-state index contributed by atoms with van der Waals surface area (Å²) >= 11 is 0. The van der Waals surface area contributed by atoms with E-state index in [1.54, 1.807) is 32.9 Å². The van der Waals surface area contributed by atoms with E-state index in [1.807, 2.05) is 0 Å². The quantitative estimate of drug-likeness (QED) is 0.840. The Balaban J connectivity index is 2.65. The topological polar surface area (TPSA) is 66.4 Å². The Morgan fingerprint density at radius 1 is 1.30 bits per heavy atom. The Morgan fingerprint density at radius 3 is 2.45 bits per heavy atom. The molecule has 0 aromatic heterocycles. The highest BCUT2D eigenvalue weighted by molar-refractivity contribution is 5.85. The van der Waals surface area contributed by atoms with Gasteiger partial charge in [0.1, 0.15) is 11.9 Å². The molecule has 4 nitrogen and oxygen atoms in total. The van der Waals surface area contributed by atoms with Gasteiger partial charge in [-0.05, 0) is 30.0 Å². The Bertz CT molecular complexity index is 488. The fraction of sp³-hybridized carbons (Fsp3) is 0.467. The molecule has 20 heavy (non-hydrogen) atoms. The van der Waals surface area contributed by atoms with Crippen LogP contribution in [0.2, 0.25) is 0 Å². The second kappa shape index (κ2) is 7.03. The summed E-state index contributed by atoms with van der Waals surface area (Å²) < 4.78 is 13.1. The fourth-order valence-corrected chi connectivity index (χ4v) is 1.92. The third kappa shape index (κ3) is 4.64. The SMILES string of the molecule is CC(Cc1cccc(F)c1)C(=O)N[C@H](C(=O)O)C(C)C. The first-order chi connectivity index (χ1) is 9.31. The zero-order chi connectivity index (χ0) is 15.3. The molecular weight excluding hydrogens is 261 g/mol. The molecule has 0 bridgehead atoms. The van der Waals surface area contributed by atoms with E-state index in [0.29, 0.717) is 12.0 Å². The summed E-state index contributed by atoms with van der Waals surface area (Å²) in [6.07, 6.45) is 0.369. The van der Waals surface area contributed by atoms with Gasteiger partial charge in [-0.1, -0.05) is 32.9 Å². The van der Waals surface area contributed by atoms with E-state index in [1.165, 1.54) is 12.1 Å². The van der Waals surface area contributed by atoms with Gasteiger partial charge in [0.2, 0.25) is 5.91 Å². The standard InChI is InChI=1S/C15H20FNO3/c1-9(2)13(15(19)20)17-14(18)10(3)7-11-5-4-6-12(16)8-11/h4-6,8-10,13H,7H2,1-3H3,(H,17,18)(H,19,20)/t10?,13-/m0/s1. The van der Waals surface area contributed by atoms with Gasteiger partial charge in [-0.15, -0.1) is 0 Å². The lowest BCUT2D eigenvalue weighted by molar-refractivity contribution is -0.143. The van der Waals surface area contributed by atoms with Gasteiger partial charge in [0.25, 0.3) is 0 Å². The average molecular weight is 281 g/mol. The van der Waals surface area contributed by atoms with Crippen LogP contribution in [0.25, 0.3) is 0 Å². The predicted octanol–water partition coefficient (Wildman–Crippen LogP) is 2.23. The van der Waals surface area contributed by atoms with E-state index in [-0.39, 0.29) is 17.6 Å². The van der Waals surface area contributed by atoms with Gasteiger partial charge < -0.3 is 10.4 Å². The molecule has 0 heterocycles. The third-order valence-corrected chi connectivity index (χ3v) is 3.11. The van der Waals surface area contributed by atoms with Crippen molar-refractivity contribution in [1.82, 2.24) is 5.32 Å². The molecule has 1 amide bonds. The molecule has 0 saturated heterocycles. The summed E-state index contributed by atoms with van der Waals surface area (Å²) in [5.41, 5.74) is 0.712. The smallest absolute Gasteiger partial charge is 0.326 e. The van der Waals surface area contributed by atoms with E-state index in [9.17, 15) is 14.0 Å². The summed E-state index contributed by atoms with van der Waals surface area (Å²) in [7, 11) is 0. The number of benzene rings is 1. The summed E-state index contributed by atoms with van der Waals surface area (Å²) in [5, 5.41) is 11.6. The maximum atomic E-state index is 13.1. The average Bonchev–Trinajstić information content (AvgIpc) is 2.34. The van der Waals surface area contributed by atoms with Crippen LogP contribution in [0.4, 0.5) is 4.39 Å². The van der Waals surface area contributed by atoms with Gasteiger partial charge >= 0.3 is 5.97 Å². The molecular formula is C15H20FNO3. The molecule has 0 saturated carbocycles. The van der Waals surface area contributed by atoms with Crippen molar-refractivity contribution in [3.63, 3.8) is 0 Å². The molecule has 110 valence electrons. The van der Waals surface area contributed by atoms with Crippen molar-refractivity contribution in [2.45, 2.75) is 33.2 Å². The Labute approximate surface area is 118 Å². The first-order valence-electron chi connectivity index (χ1n) is 6.59. The van der Waals surface area contributed by atoms with Crippen LogP contribution in [0, 0.1) is 17.7 Å². The van der Waals surface area contributed by atoms with Crippen molar-refractivity contribution >= 4 is 11.9 Å². The first-order valence-corrected chi connectivity index (χ1v) is 6.59. The zero-order valence-corrected chi connectivity index (χ0v) is 11.9. The number of carbonyl (C=O) groups excluding carboxylic acids is 1. The highest BCUT2D eigenvalue weighted by Crippen LogP contribution is 2.11. The molecule has 0 fully saturated rings. The van der Waals surface area contributed by atoms with Crippen LogP contribution in [0.5, 0.6) is 0 Å². The van der Waals surface area contributed by atoms with Gasteiger partial charge in [-0.2, -0.15) is 0 Å². The number of carboxylic acids is 1. The highest BCUT2D eigenvalue weighted by atomic mass is 19.1. The van der Waals surface area contributed by atoms with Gasteiger partial charge in [-0.25, -0.2) is 9.18 Å². The first kappa shape index (κ1) is 16.1. The number of aliphatic carboxylic acids is 1. The summed E-state index contributed by atoms with van der Waals surface area (Å²) in [6, 6.07) is 5.14. The van der Waals surface area contributed by atoms with Crippen molar-refractivity contribution in [1.29, 1.82) is 0 Å². The number of nitrogens with one attached hydrogen (secondary N) is 1. The monoisotopic (exact) mass is 281 g/mol. The number of rotatable bonds is 6. The molecule has 0 aliphatic rings. The van der Waals surface area contributed by atoms with E-state index in [0.717, 1.165) is 0 Å². The lowest BCUT2D eigenvalue weighted by Gasteiger charge is -2.20. The van der Waals surface area contributed by atoms with E-state index in [2.05, 4.69) is 5.32 Å². The minimum atomic E-state index is -1.05. The predicted molar refractivity (Wildman–Crippen MR) is 73.7 cm³/mol. The second-order valence-corrected chi connectivity index (χ2v) is 5.30. The molecule has 0 spiro atoms. The van der Waals surface area contributed by atoms with Gasteiger partial charge in [0.05, 0.1) is 0 Å². The van der Waals surface area contributed by atoms with Crippen molar-refractivity contribution in [3.05, 3.63) is 35.6 Å². The second-order valence-electron chi connectivity index (χ2n) is 5.30. The number of carbonyl (C=O) groups is 2. The van der Waals surface area contributed by atoms with Crippen LogP contribution in [0.1, 0.15) is 26.3 Å². The molecule has 1 aromatic carbocycles. The fourth-order valence-electron chi connectivity index (χ4n) is 1.92. The number of carboxylic acid groups (broad SMARTS) is 1. The van der Waals surface area contributed by atoms with Crippen LogP contribution in [-0.4, -0.2) is 23.0 Å². The van der Waals surface area contributed by atoms with Crippen molar-refractivity contribution in [2.24, 2.45) is 11.8 Å². The van der Waals surface area contributed by atoms with Crippen molar-refractivity contribution < 1.29 is 19.1 Å². The largest absolute Gasteiger partial charge is 0.480 e. The molecule has 5 heteroatoms. The van der Waals surface area contributed by atoms with E-state index < -0.39 is 17.9 Å². The Morgan fingerprint density at radius 2 is 1.95 bits per heavy atom. The maximum Gasteiger partial charge on any atom is 0.326 e. The molecule has 0 aliphatic carbocycles. The van der Waals surface area contributed by atoms with Gasteiger partial charge in [0, 0.05) is 5.92 Å². The summed E-state index contributed by atoms with van der Waals surface area (Å²) in [4.78, 5) is 23.0. The summed E-state index contributed by atoms with van der Waals surface area (Å²) in [6.45, 7) is 5.16. The molecule has 1 rings (SSSR count). The molecule has 0 radical (unpaired) electrons. The van der Waals surface area contributed by atoms with Gasteiger partial charge in [-0.3, -0.25) is 4.79 Å². The minimum absolute atomic E-state index is 0.196. The van der Waals surface area contributed by atoms with Crippen LogP contribution < -0.4 is 5.32 Å². The molecule has 0 aliphatic heterocycles. The summed E-state index contributed by atoms with van der Waals surface area (Å²) in [5.74, 6) is -2.35. The maximum absolute atomic E-state index is 13.1. The van der Waals surface area contributed by atoms with Crippen LogP contribution >= 0.6 is 0 Å². The molecule has 2 atom stereocenters. The third-order valence-electron chi connectivity index (χ3n) is 3.11. The number of halogens is 1. The zero-order valence-electron chi connectivity index (χ0n) is 11.9. The highest BCUT2D eigenvalue weighted by Gasteiger charge is 2.25. The lowest BCUT2D eigenvalue weighted by Crippen LogP contribution is -2.46. The number of hydrogen-bond acceptors (Lipinski definition) is 2.